The molecule has 0 aliphatic heterocycles. The first-order chi connectivity index (χ1) is 8.30. The highest BCUT2D eigenvalue weighted by atomic mass is 32.2. The highest BCUT2D eigenvalue weighted by Crippen LogP contribution is 2.38. The molecule has 0 amide bonds. The van der Waals surface area contributed by atoms with E-state index in [-0.39, 0.29) is 5.54 Å². The lowest BCUT2D eigenvalue weighted by Gasteiger charge is -2.27. The third kappa shape index (κ3) is 2.64. The number of imidazole rings is 1. The fourth-order valence-corrected chi connectivity index (χ4v) is 3.51. The van der Waals surface area contributed by atoms with E-state index < -0.39 is 0 Å². The molecule has 2 unspecified atom stereocenters. The summed E-state index contributed by atoms with van der Waals surface area (Å²) in [6.45, 7) is 0. The number of rotatable bonds is 5. The second-order valence-electron chi connectivity index (χ2n) is 4.45. The van der Waals surface area contributed by atoms with Crippen molar-refractivity contribution in [2.24, 2.45) is 5.92 Å². The first-order valence-electron chi connectivity index (χ1n) is 6.03. The zero-order valence-corrected chi connectivity index (χ0v) is 10.9. The fraction of sp³-hybridized carbons (Fsp3) is 0.667. The lowest BCUT2D eigenvalue weighted by Crippen LogP contribution is -2.44. The van der Waals surface area contributed by atoms with Gasteiger partial charge in [-0.1, -0.05) is 18.2 Å². The molecule has 0 saturated heterocycles. The minimum Gasteiger partial charge on any atom is -0.340 e. The molecule has 4 nitrogen and oxygen atoms in total. The molecule has 0 radical (unpaired) electrons. The van der Waals surface area contributed by atoms with Gasteiger partial charge in [0.25, 0.3) is 0 Å². The number of nitrogens with zero attached hydrogens (tertiary/aromatic N) is 2. The Labute approximate surface area is 106 Å². The van der Waals surface area contributed by atoms with Crippen molar-refractivity contribution in [2.45, 2.75) is 36.4 Å². The second-order valence-corrected chi connectivity index (χ2v) is 5.54. The summed E-state index contributed by atoms with van der Waals surface area (Å²) in [5.41, 5.74) is -0.288. The number of aromatic amines is 1. The molecule has 2 N–H and O–H groups in total. The maximum Gasteiger partial charge on any atom is 0.165 e. The number of aromatic nitrogens is 2. The van der Waals surface area contributed by atoms with E-state index in [1.54, 1.807) is 18.0 Å². The Morgan fingerprint density at radius 2 is 2.65 bits per heavy atom. The van der Waals surface area contributed by atoms with Gasteiger partial charge < -0.3 is 10.3 Å². The van der Waals surface area contributed by atoms with Crippen LogP contribution in [-0.4, -0.2) is 28.3 Å². The van der Waals surface area contributed by atoms with Crippen LogP contribution in [0.15, 0.2) is 17.6 Å². The van der Waals surface area contributed by atoms with Crippen LogP contribution in [-0.2, 0) is 0 Å². The molecule has 1 aromatic rings. The van der Waals surface area contributed by atoms with Gasteiger partial charge in [-0.05, 0) is 32.2 Å². The van der Waals surface area contributed by atoms with Crippen LogP contribution in [0, 0.1) is 17.2 Å². The van der Waals surface area contributed by atoms with Gasteiger partial charge in [-0.25, -0.2) is 4.98 Å². The van der Waals surface area contributed by atoms with E-state index in [1.165, 1.54) is 0 Å². The molecule has 1 aromatic heterocycles. The normalized spacial score (nSPS) is 28.1. The van der Waals surface area contributed by atoms with E-state index in [4.69, 9.17) is 0 Å². The molecule has 1 aliphatic rings. The fourth-order valence-electron chi connectivity index (χ4n) is 2.63. The molecule has 92 valence electrons. The predicted octanol–water partition coefficient (Wildman–Crippen LogP) is 2.17. The minimum atomic E-state index is -0.288. The number of hydrogen-bond donors (Lipinski definition) is 2. The molecule has 17 heavy (non-hydrogen) atoms. The highest BCUT2D eigenvalue weighted by molar-refractivity contribution is 7.99. The van der Waals surface area contributed by atoms with E-state index in [1.807, 2.05) is 13.2 Å². The van der Waals surface area contributed by atoms with E-state index >= 15 is 0 Å². The molecule has 2 atom stereocenters. The van der Waals surface area contributed by atoms with Crippen molar-refractivity contribution in [3.8, 4) is 6.07 Å². The van der Waals surface area contributed by atoms with Crippen LogP contribution >= 0.6 is 11.8 Å². The molecule has 1 fully saturated rings. The van der Waals surface area contributed by atoms with Crippen LogP contribution < -0.4 is 5.32 Å². The lowest BCUT2D eigenvalue weighted by atomic mass is 9.87. The first-order valence-corrected chi connectivity index (χ1v) is 7.01. The largest absolute Gasteiger partial charge is 0.340 e. The topological polar surface area (TPSA) is 64.5 Å². The molecular weight excluding hydrogens is 232 g/mol. The predicted molar refractivity (Wildman–Crippen MR) is 68.7 cm³/mol. The number of thioether (sulfide) groups is 1. The van der Waals surface area contributed by atoms with Gasteiger partial charge in [-0.2, -0.15) is 5.26 Å². The summed E-state index contributed by atoms with van der Waals surface area (Å²) in [5.74, 6) is 1.49. The summed E-state index contributed by atoms with van der Waals surface area (Å²) in [5, 5.41) is 13.5. The maximum absolute atomic E-state index is 9.33. The van der Waals surface area contributed by atoms with Crippen LogP contribution in [0.3, 0.4) is 0 Å². The second kappa shape index (κ2) is 5.56. The Morgan fingerprint density at radius 1 is 1.76 bits per heavy atom. The summed E-state index contributed by atoms with van der Waals surface area (Å²) in [7, 11) is 1.90. The molecule has 0 spiro atoms. The van der Waals surface area contributed by atoms with Crippen LogP contribution in [0.5, 0.6) is 0 Å². The molecule has 1 heterocycles. The molecule has 5 heteroatoms. The average molecular weight is 250 g/mol. The summed E-state index contributed by atoms with van der Waals surface area (Å²) >= 11 is 1.73. The van der Waals surface area contributed by atoms with Gasteiger partial charge in [0.15, 0.2) is 5.16 Å². The monoisotopic (exact) mass is 250 g/mol. The van der Waals surface area contributed by atoms with Crippen molar-refractivity contribution in [3.05, 3.63) is 12.4 Å². The average Bonchev–Trinajstić information content (AvgIpc) is 2.99. The van der Waals surface area contributed by atoms with Crippen LogP contribution in [0.4, 0.5) is 0 Å². The molecular formula is C12H18N4S. The van der Waals surface area contributed by atoms with Crippen molar-refractivity contribution in [1.29, 1.82) is 5.26 Å². The van der Waals surface area contributed by atoms with Crippen molar-refractivity contribution in [2.75, 3.05) is 12.8 Å². The number of nitrogens with one attached hydrogen (secondary N) is 2. The molecule has 2 rings (SSSR count). The summed E-state index contributed by atoms with van der Waals surface area (Å²) in [6.07, 6.45) is 7.98. The third-order valence-electron chi connectivity index (χ3n) is 3.64. The Hall–Kier alpha value is -0.990. The zero-order chi connectivity index (χ0) is 12.1. The van der Waals surface area contributed by atoms with E-state index in [2.05, 4.69) is 21.4 Å². The molecule has 0 aromatic carbocycles. The van der Waals surface area contributed by atoms with Gasteiger partial charge in [0.1, 0.15) is 5.54 Å². The van der Waals surface area contributed by atoms with Crippen LogP contribution in [0.1, 0.15) is 25.7 Å². The Bertz CT molecular complexity index is 384. The van der Waals surface area contributed by atoms with Gasteiger partial charge in [0.05, 0.1) is 6.07 Å². The summed E-state index contributed by atoms with van der Waals surface area (Å²) in [6, 6.07) is 2.48. The van der Waals surface area contributed by atoms with Crippen molar-refractivity contribution in [1.82, 2.24) is 15.3 Å². The Morgan fingerprint density at radius 3 is 3.29 bits per heavy atom. The molecule has 0 bridgehead atoms. The van der Waals surface area contributed by atoms with Gasteiger partial charge in [0.2, 0.25) is 0 Å². The van der Waals surface area contributed by atoms with E-state index in [9.17, 15) is 5.26 Å². The van der Waals surface area contributed by atoms with E-state index in [0.717, 1.165) is 36.6 Å². The van der Waals surface area contributed by atoms with Crippen molar-refractivity contribution < 1.29 is 0 Å². The summed E-state index contributed by atoms with van der Waals surface area (Å²) in [4.78, 5) is 7.27. The zero-order valence-electron chi connectivity index (χ0n) is 10.1. The van der Waals surface area contributed by atoms with Crippen LogP contribution in [0.2, 0.25) is 0 Å². The minimum absolute atomic E-state index is 0.288. The van der Waals surface area contributed by atoms with E-state index in [0.29, 0.717) is 5.92 Å². The van der Waals surface area contributed by atoms with Gasteiger partial charge >= 0.3 is 0 Å². The van der Waals surface area contributed by atoms with Crippen LogP contribution in [0.25, 0.3) is 0 Å². The first kappa shape index (κ1) is 12.5. The number of H-pyrrole nitrogens is 1. The van der Waals surface area contributed by atoms with Gasteiger partial charge in [0, 0.05) is 18.1 Å². The SMILES string of the molecule is CNC1(C#N)CCCC1CCSc1ncc[nH]1. The summed E-state index contributed by atoms with van der Waals surface area (Å²) < 4.78 is 0. The smallest absolute Gasteiger partial charge is 0.165 e. The maximum atomic E-state index is 9.33. The number of hydrogen-bond acceptors (Lipinski definition) is 4. The Balaban J connectivity index is 1.84. The number of nitriles is 1. The quantitative estimate of drug-likeness (QED) is 0.786. The van der Waals surface area contributed by atoms with Crippen molar-refractivity contribution >= 4 is 11.8 Å². The third-order valence-corrected chi connectivity index (χ3v) is 4.58. The molecule has 1 saturated carbocycles. The Kier molecular flexibility index (Phi) is 4.08. The highest BCUT2D eigenvalue weighted by Gasteiger charge is 2.41. The van der Waals surface area contributed by atoms with Gasteiger partial charge in [-0.15, -0.1) is 0 Å². The van der Waals surface area contributed by atoms with Gasteiger partial charge in [-0.3, -0.25) is 0 Å². The molecule has 1 aliphatic carbocycles. The lowest BCUT2D eigenvalue weighted by molar-refractivity contribution is 0.332. The standard InChI is InChI=1S/C12H18N4S/c1-14-12(9-13)5-2-3-10(12)4-8-17-11-15-6-7-16-11/h6-7,10,14H,2-5,8H2,1H3,(H,15,16). The van der Waals surface area contributed by atoms with Crippen molar-refractivity contribution in [3.63, 3.8) is 0 Å².